The van der Waals surface area contributed by atoms with Crippen LogP contribution in [0.15, 0.2) is 46.9 Å². The molecule has 22 heavy (non-hydrogen) atoms. The number of imidazole rings is 1. The molecule has 0 saturated carbocycles. The first-order valence-corrected chi connectivity index (χ1v) is 9.08. The van der Waals surface area contributed by atoms with Crippen LogP contribution in [0.25, 0.3) is 4.96 Å². The molecule has 3 aromatic rings. The fourth-order valence-corrected chi connectivity index (χ4v) is 4.61. The molecule has 0 bridgehead atoms. The Balaban J connectivity index is 1.47. The van der Waals surface area contributed by atoms with Crippen molar-refractivity contribution in [3.05, 3.63) is 53.3 Å². The second kappa shape index (κ2) is 5.78. The first kappa shape index (κ1) is 13.8. The molecular weight excluding hydrogens is 314 g/mol. The third-order valence-electron chi connectivity index (χ3n) is 3.78. The highest BCUT2D eigenvalue weighted by atomic mass is 32.2. The number of fused-ring (bicyclic) bond motifs is 2. The number of carbonyl (C=O) groups is 1. The van der Waals surface area contributed by atoms with Crippen molar-refractivity contribution in [2.24, 2.45) is 0 Å². The molecule has 4 nitrogen and oxygen atoms in total. The first-order valence-electron chi connectivity index (χ1n) is 7.22. The smallest absolute Gasteiger partial charge is 0.226 e. The average Bonchev–Trinajstić information content (AvgIpc) is 3.09. The Morgan fingerprint density at radius 1 is 1.41 bits per heavy atom. The number of benzene rings is 1. The van der Waals surface area contributed by atoms with E-state index in [0.717, 1.165) is 22.8 Å². The lowest BCUT2D eigenvalue weighted by molar-refractivity contribution is -0.121. The Morgan fingerprint density at radius 2 is 2.32 bits per heavy atom. The number of thiazole rings is 1. The van der Waals surface area contributed by atoms with Gasteiger partial charge in [-0.2, -0.15) is 0 Å². The maximum absolute atomic E-state index is 12.3. The van der Waals surface area contributed by atoms with Crippen LogP contribution in [-0.4, -0.2) is 21.0 Å². The lowest BCUT2D eigenvalue weighted by atomic mass is 10.0. The van der Waals surface area contributed by atoms with Crippen LogP contribution in [0.2, 0.25) is 0 Å². The van der Waals surface area contributed by atoms with Crippen LogP contribution < -0.4 is 5.32 Å². The number of aromatic nitrogens is 2. The van der Waals surface area contributed by atoms with Crippen LogP contribution in [0.4, 0.5) is 0 Å². The number of nitrogens with one attached hydrogen (secondary N) is 1. The predicted molar refractivity (Wildman–Crippen MR) is 89.4 cm³/mol. The summed E-state index contributed by atoms with van der Waals surface area (Å²) in [5, 5.41) is 5.15. The molecule has 1 aliphatic heterocycles. The van der Waals surface area contributed by atoms with Gasteiger partial charge in [-0.15, -0.1) is 23.1 Å². The number of nitrogens with zero attached hydrogens (tertiary/aromatic N) is 2. The zero-order valence-corrected chi connectivity index (χ0v) is 13.5. The van der Waals surface area contributed by atoms with Crippen molar-refractivity contribution in [1.82, 2.24) is 14.7 Å². The minimum atomic E-state index is 0.0393. The maximum atomic E-state index is 12.3. The Bertz CT molecular complexity index is 795. The fourth-order valence-electron chi connectivity index (χ4n) is 2.76. The van der Waals surface area contributed by atoms with E-state index in [9.17, 15) is 4.79 Å². The number of carbonyl (C=O) groups excluding carboxylic acids is 1. The topological polar surface area (TPSA) is 46.4 Å². The molecule has 0 aliphatic carbocycles. The fraction of sp³-hybridized carbons (Fsp3) is 0.250. The molecule has 1 aliphatic rings. The Hall–Kier alpha value is -1.79. The van der Waals surface area contributed by atoms with Crippen molar-refractivity contribution in [3.8, 4) is 0 Å². The number of hydrogen-bond acceptors (Lipinski definition) is 4. The quantitative estimate of drug-likeness (QED) is 0.802. The van der Waals surface area contributed by atoms with Gasteiger partial charge in [-0.1, -0.05) is 18.2 Å². The average molecular weight is 329 g/mol. The van der Waals surface area contributed by atoms with Gasteiger partial charge in [0.2, 0.25) is 5.91 Å². The molecule has 3 heterocycles. The second-order valence-corrected chi connectivity index (χ2v) is 7.31. The van der Waals surface area contributed by atoms with Crippen LogP contribution in [-0.2, 0) is 11.2 Å². The summed E-state index contributed by atoms with van der Waals surface area (Å²) in [4.78, 5) is 19.0. The molecule has 6 heteroatoms. The standard InChI is InChI=1S/C16H15N3OS2/c20-15(9-11-10-19-6-8-22-16(19)17-11)18-13-5-7-21-14-4-2-1-3-12(13)14/h1-4,6,8,10,13H,5,7,9H2,(H,18,20). The van der Waals surface area contributed by atoms with Crippen LogP contribution >= 0.6 is 23.1 Å². The van der Waals surface area contributed by atoms with E-state index in [2.05, 4.69) is 22.4 Å². The number of hydrogen-bond donors (Lipinski definition) is 1. The Kier molecular flexibility index (Phi) is 3.63. The molecule has 2 aromatic heterocycles. The van der Waals surface area contributed by atoms with Crippen molar-refractivity contribution in [2.45, 2.75) is 23.8 Å². The molecule has 112 valence electrons. The van der Waals surface area contributed by atoms with E-state index in [1.165, 1.54) is 10.5 Å². The summed E-state index contributed by atoms with van der Waals surface area (Å²) in [6, 6.07) is 8.44. The van der Waals surface area contributed by atoms with E-state index in [4.69, 9.17) is 0 Å². The highest BCUT2D eigenvalue weighted by Gasteiger charge is 2.22. The highest BCUT2D eigenvalue weighted by molar-refractivity contribution is 7.99. The summed E-state index contributed by atoms with van der Waals surface area (Å²) in [6.07, 6.45) is 5.20. The third kappa shape index (κ3) is 2.64. The van der Waals surface area contributed by atoms with Gasteiger partial charge in [0.1, 0.15) is 0 Å². The third-order valence-corrected chi connectivity index (χ3v) is 5.67. The molecule has 1 atom stereocenters. The van der Waals surface area contributed by atoms with E-state index in [-0.39, 0.29) is 11.9 Å². The van der Waals surface area contributed by atoms with Crippen LogP contribution in [0.5, 0.6) is 0 Å². The van der Waals surface area contributed by atoms with E-state index < -0.39 is 0 Å². The minimum Gasteiger partial charge on any atom is -0.349 e. The summed E-state index contributed by atoms with van der Waals surface area (Å²) in [5.74, 6) is 1.08. The zero-order valence-electron chi connectivity index (χ0n) is 11.9. The van der Waals surface area contributed by atoms with Crippen LogP contribution in [0.1, 0.15) is 23.7 Å². The number of rotatable bonds is 3. The predicted octanol–water partition coefficient (Wildman–Crippen LogP) is 3.29. The maximum Gasteiger partial charge on any atom is 0.226 e. The summed E-state index contributed by atoms with van der Waals surface area (Å²) >= 11 is 3.44. The van der Waals surface area contributed by atoms with Crippen molar-refractivity contribution >= 4 is 34.0 Å². The van der Waals surface area contributed by atoms with Gasteiger partial charge >= 0.3 is 0 Å². The summed E-state index contributed by atoms with van der Waals surface area (Å²) in [7, 11) is 0. The molecular formula is C16H15N3OS2. The molecule has 1 unspecified atom stereocenters. The van der Waals surface area contributed by atoms with Crippen molar-refractivity contribution in [1.29, 1.82) is 0 Å². The van der Waals surface area contributed by atoms with E-state index >= 15 is 0 Å². The molecule has 1 amide bonds. The SMILES string of the molecule is O=C(Cc1cn2ccsc2n1)NC1CCSc2ccccc21. The molecule has 0 spiro atoms. The van der Waals surface area contributed by atoms with Gasteiger partial charge in [0, 0.05) is 28.4 Å². The normalized spacial score (nSPS) is 17.4. The highest BCUT2D eigenvalue weighted by Crippen LogP contribution is 2.35. The van der Waals surface area contributed by atoms with Gasteiger partial charge in [-0.05, 0) is 18.1 Å². The zero-order chi connectivity index (χ0) is 14.9. The van der Waals surface area contributed by atoms with E-state index in [0.29, 0.717) is 6.42 Å². The van der Waals surface area contributed by atoms with Crippen molar-refractivity contribution in [3.63, 3.8) is 0 Å². The van der Waals surface area contributed by atoms with Crippen LogP contribution in [0.3, 0.4) is 0 Å². The van der Waals surface area contributed by atoms with Gasteiger partial charge in [-0.25, -0.2) is 4.98 Å². The van der Waals surface area contributed by atoms with Crippen molar-refractivity contribution < 1.29 is 4.79 Å². The molecule has 1 N–H and O–H groups in total. The van der Waals surface area contributed by atoms with Gasteiger partial charge in [0.15, 0.2) is 4.96 Å². The summed E-state index contributed by atoms with van der Waals surface area (Å²) in [6.45, 7) is 0. The Labute approximate surface area is 136 Å². The lowest BCUT2D eigenvalue weighted by Gasteiger charge is -2.25. The van der Waals surface area contributed by atoms with Gasteiger partial charge < -0.3 is 5.32 Å². The minimum absolute atomic E-state index is 0.0393. The van der Waals surface area contributed by atoms with E-state index in [1.807, 2.05) is 46.1 Å². The number of thioether (sulfide) groups is 1. The first-order chi connectivity index (χ1) is 10.8. The van der Waals surface area contributed by atoms with E-state index in [1.54, 1.807) is 11.3 Å². The molecule has 0 fully saturated rings. The van der Waals surface area contributed by atoms with Gasteiger partial charge in [0.25, 0.3) is 0 Å². The molecule has 0 radical (unpaired) electrons. The Morgan fingerprint density at radius 3 is 3.23 bits per heavy atom. The van der Waals surface area contributed by atoms with Crippen molar-refractivity contribution in [2.75, 3.05) is 5.75 Å². The molecule has 0 saturated heterocycles. The molecule has 1 aromatic carbocycles. The monoisotopic (exact) mass is 329 g/mol. The lowest BCUT2D eigenvalue weighted by Crippen LogP contribution is -2.31. The second-order valence-electron chi connectivity index (χ2n) is 5.30. The van der Waals surface area contributed by atoms with Gasteiger partial charge in [-0.3, -0.25) is 9.20 Å². The van der Waals surface area contributed by atoms with Crippen LogP contribution in [0, 0.1) is 0 Å². The summed E-state index contributed by atoms with van der Waals surface area (Å²) < 4.78 is 1.96. The van der Waals surface area contributed by atoms with Gasteiger partial charge in [0.05, 0.1) is 18.2 Å². The number of amides is 1. The largest absolute Gasteiger partial charge is 0.349 e. The molecule has 4 rings (SSSR count). The summed E-state index contributed by atoms with van der Waals surface area (Å²) in [5.41, 5.74) is 2.06.